The van der Waals surface area contributed by atoms with E-state index in [4.69, 9.17) is 0 Å². The molecule has 0 aromatic carbocycles. The van der Waals surface area contributed by atoms with E-state index in [9.17, 15) is 4.79 Å². The fourth-order valence-electron chi connectivity index (χ4n) is 1.37. The Balaban J connectivity index is 4.00. The number of allylic oxidation sites excluding steroid dienone is 3. The van der Waals surface area contributed by atoms with Gasteiger partial charge in [0.1, 0.15) is 0 Å². The largest absolute Gasteiger partial charge is 0.466 e. The van der Waals surface area contributed by atoms with Gasteiger partial charge < -0.3 is 4.74 Å². The number of methoxy groups -OCH3 is 1. The zero-order valence-corrected chi connectivity index (χ0v) is 10.3. The number of carbonyl (C=O) groups is 1. The van der Waals surface area contributed by atoms with E-state index in [1.807, 2.05) is 6.92 Å². The molecule has 86 valence electrons. The van der Waals surface area contributed by atoms with E-state index in [0.29, 0.717) is 0 Å². The van der Waals surface area contributed by atoms with Crippen molar-refractivity contribution < 1.29 is 9.53 Å². The first-order valence-electron chi connectivity index (χ1n) is 5.57. The summed E-state index contributed by atoms with van der Waals surface area (Å²) in [7, 11) is 1.40. The van der Waals surface area contributed by atoms with E-state index in [1.165, 1.54) is 12.7 Å². The van der Waals surface area contributed by atoms with Crippen molar-refractivity contribution >= 4 is 5.97 Å². The Morgan fingerprint density at radius 1 is 1.27 bits per heavy atom. The van der Waals surface area contributed by atoms with Crippen LogP contribution in [-0.2, 0) is 9.53 Å². The smallest absolute Gasteiger partial charge is 0.330 e. The lowest BCUT2D eigenvalue weighted by Gasteiger charge is -2.01. The monoisotopic (exact) mass is 210 g/mol. The molecule has 0 saturated carbocycles. The number of carbonyl (C=O) groups excluding carboxylic acids is 1. The molecule has 15 heavy (non-hydrogen) atoms. The van der Waals surface area contributed by atoms with Crippen LogP contribution in [-0.4, -0.2) is 13.1 Å². The molecule has 0 aliphatic rings. The molecule has 2 nitrogen and oxygen atoms in total. The summed E-state index contributed by atoms with van der Waals surface area (Å²) in [6.45, 7) is 6.31. The Morgan fingerprint density at radius 2 is 1.87 bits per heavy atom. The van der Waals surface area contributed by atoms with Crippen LogP contribution in [0.5, 0.6) is 0 Å². The fraction of sp³-hybridized carbons (Fsp3) is 0.615. The van der Waals surface area contributed by atoms with Crippen molar-refractivity contribution in [2.45, 2.75) is 46.5 Å². The summed E-state index contributed by atoms with van der Waals surface area (Å²) in [5, 5.41) is 0. The minimum Gasteiger partial charge on any atom is -0.466 e. The molecule has 0 N–H and O–H groups in total. The molecule has 0 atom stereocenters. The molecule has 0 unspecified atom stereocenters. The molecular weight excluding hydrogens is 188 g/mol. The van der Waals surface area contributed by atoms with E-state index in [0.717, 1.165) is 31.3 Å². The third-order valence-corrected chi connectivity index (χ3v) is 2.45. The second-order valence-corrected chi connectivity index (χ2v) is 3.62. The molecule has 0 amide bonds. The average Bonchev–Trinajstić information content (AvgIpc) is 2.24. The van der Waals surface area contributed by atoms with Crippen molar-refractivity contribution in [3.63, 3.8) is 0 Å². The first-order valence-corrected chi connectivity index (χ1v) is 5.57. The zero-order chi connectivity index (χ0) is 11.7. The predicted octanol–water partition coefficient (Wildman–Crippen LogP) is 3.63. The van der Waals surface area contributed by atoms with Crippen molar-refractivity contribution in [3.05, 3.63) is 23.3 Å². The van der Waals surface area contributed by atoms with Crippen LogP contribution in [0, 0.1) is 0 Å². The molecule has 0 spiro atoms. The number of rotatable bonds is 6. The van der Waals surface area contributed by atoms with Crippen molar-refractivity contribution in [3.8, 4) is 0 Å². The standard InChI is InChI=1S/C13H22O2/c1-5-12(6-2)9-7-8-11(3)10-13(14)15-4/h9-10H,5-8H2,1-4H3/b11-10+. The Bertz CT molecular complexity index is 243. The molecule has 0 aromatic heterocycles. The average molecular weight is 210 g/mol. The minimum atomic E-state index is -0.261. The SMILES string of the molecule is CCC(=CCC/C(C)=C/C(=O)OC)CC. The fourth-order valence-corrected chi connectivity index (χ4v) is 1.37. The molecule has 0 fully saturated rings. The van der Waals surface area contributed by atoms with Crippen molar-refractivity contribution in [2.75, 3.05) is 7.11 Å². The Morgan fingerprint density at radius 3 is 2.33 bits per heavy atom. The molecule has 0 rings (SSSR count). The Labute approximate surface area is 93.0 Å². The maximum atomic E-state index is 10.9. The van der Waals surface area contributed by atoms with Crippen LogP contribution in [0.3, 0.4) is 0 Å². The summed E-state index contributed by atoms with van der Waals surface area (Å²) in [6.07, 6.45) is 8.02. The highest BCUT2D eigenvalue weighted by Gasteiger charge is 1.96. The van der Waals surface area contributed by atoms with Gasteiger partial charge in [0.15, 0.2) is 0 Å². The summed E-state index contributed by atoms with van der Waals surface area (Å²) < 4.78 is 4.56. The van der Waals surface area contributed by atoms with Crippen LogP contribution in [0.25, 0.3) is 0 Å². The zero-order valence-electron chi connectivity index (χ0n) is 10.3. The van der Waals surface area contributed by atoms with Crippen molar-refractivity contribution in [1.29, 1.82) is 0 Å². The Hall–Kier alpha value is -1.05. The van der Waals surface area contributed by atoms with Gasteiger partial charge in [0.25, 0.3) is 0 Å². The van der Waals surface area contributed by atoms with Crippen LogP contribution in [0.1, 0.15) is 46.5 Å². The normalized spacial score (nSPS) is 11.1. The molecule has 0 radical (unpaired) electrons. The number of esters is 1. The van der Waals surface area contributed by atoms with Gasteiger partial charge >= 0.3 is 5.97 Å². The maximum Gasteiger partial charge on any atom is 0.330 e. The highest BCUT2D eigenvalue weighted by molar-refractivity contribution is 5.82. The third kappa shape index (κ3) is 6.95. The topological polar surface area (TPSA) is 26.3 Å². The summed E-state index contributed by atoms with van der Waals surface area (Å²) in [5.74, 6) is -0.261. The summed E-state index contributed by atoms with van der Waals surface area (Å²) in [6, 6.07) is 0. The van der Waals surface area contributed by atoms with Crippen LogP contribution in [0.15, 0.2) is 23.3 Å². The van der Waals surface area contributed by atoms with Gasteiger partial charge in [-0.2, -0.15) is 0 Å². The summed E-state index contributed by atoms with van der Waals surface area (Å²) >= 11 is 0. The van der Waals surface area contributed by atoms with Gasteiger partial charge in [0.2, 0.25) is 0 Å². The first kappa shape index (κ1) is 13.9. The minimum absolute atomic E-state index is 0.261. The van der Waals surface area contributed by atoms with Crippen molar-refractivity contribution in [2.24, 2.45) is 0 Å². The molecule has 0 aliphatic carbocycles. The van der Waals surface area contributed by atoms with Gasteiger partial charge in [0.05, 0.1) is 7.11 Å². The maximum absolute atomic E-state index is 10.9. The van der Waals surface area contributed by atoms with E-state index in [-0.39, 0.29) is 5.97 Å². The Kier molecular flexibility index (Phi) is 7.69. The molecule has 0 bridgehead atoms. The van der Waals surface area contributed by atoms with Crippen LogP contribution < -0.4 is 0 Å². The number of hydrogen-bond acceptors (Lipinski definition) is 2. The van der Waals surface area contributed by atoms with Gasteiger partial charge in [-0.3, -0.25) is 0 Å². The van der Waals surface area contributed by atoms with E-state index < -0.39 is 0 Å². The van der Waals surface area contributed by atoms with Gasteiger partial charge in [0, 0.05) is 6.08 Å². The highest BCUT2D eigenvalue weighted by atomic mass is 16.5. The van der Waals surface area contributed by atoms with Gasteiger partial charge in [-0.25, -0.2) is 4.79 Å². The second kappa shape index (κ2) is 8.27. The predicted molar refractivity (Wildman–Crippen MR) is 63.7 cm³/mol. The van der Waals surface area contributed by atoms with E-state index >= 15 is 0 Å². The molecular formula is C13H22O2. The molecule has 2 heteroatoms. The highest BCUT2D eigenvalue weighted by Crippen LogP contribution is 2.11. The van der Waals surface area contributed by atoms with Crippen LogP contribution in [0.4, 0.5) is 0 Å². The third-order valence-electron chi connectivity index (χ3n) is 2.45. The number of hydrogen-bond donors (Lipinski definition) is 0. The molecule has 0 saturated heterocycles. The summed E-state index contributed by atoms with van der Waals surface area (Å²) in [5.41, 5.74) is 2.56. The molecule has 0 heterocycles. The quantitative estimate of drug-likeness (QED) is 0.380. The van der Waals surface area contributed by atoms with Gasteiger partial charge in [-0.1, -0.05) is 31.1 Å². The van der Waals surface area contributed by atoms with Crippen molar-refractivity contribution in [1.82, 2.24) is 0 Å². The number of ether oxygens (including phenoxy) is 1. The molecule has 0 aliphatic heterocycles. The van der Waals surface area contributed by atoms with Crippen LogP contribution in [0.2, 0.25) is 0 Å². The van der Waals surface area contributed by atoms with E-state index in [2.05, 4.69) is 24.7 Å². The summed E-state index contributed by atoms with van der Waals surface area (Å²) in [4.78, 5) is 10.9. The lowest BCUT2D eigenvalue weighted by Crippen LogP contribution is -1.95. The van der Waals surface area contributed by atoms with Gasteiger partial charge in [-0.15, -0.1) is 0 Å². The lowest BCUT2D eigenvalue weighted by atomic mass is 10.1. The lowest BCUT2D eigenvalue weighted by molar-refractivity contribution is -0.134. The van der Waals surface area contributed by atoms with Crippen LogP contribution >= 0.6 is 0 Å². The molecule has 0 aromatic rings. The second-order valence-electron chi connectivity index (χ2n) is 3.62. The first-order chi connectivity index (χ1) is 7.13. The van der Waals surface area contributed by atoms with Gasteiger partial charge in [-0.05, 0) is 32.6 Å². The van der Waals surface area contributed by atoms with E-state index in [1.54, 1.807) is 6.08 Å².